The van der Waals surface area contributed by atoms with Gasteiger partial charge in [0, 0.05) is 30.8 Å². The predicted molar refractivity (Wildman–Crippen MR) is 143 cm³/mol. The SMILES string of the molecule is C=CC(=O)N1CCC[C@@H](n2nc(-c3ccc(CNC(=O)c4ccc(F)c(C(F)(F)F)c4)cc3)c3c(N)ncnc32)C1. The summed E-state index contributed by atoms with van der Waals surface area (Å²) in [6, 6.07) is 8.98. The molecule has 4 aromatic rings. The van der Waals surface area contributed by atoms with Crippen LogP contribution in [0.25, 0.3) is 22.3 Å². The fourth-order valence-corrected chi connectivity index (χ4v) is 4.88. The molecule has 5 rings (SSSR count). The van der Waals surface area contributed by atoms with Crippen LogP contribution in [-0.2, 0) is 17.5 Å². The van der Waals surface area contributed by atoms with Crippen LogP contribution in [0, 0.1) is 5.82 Å². The van der Waals surface area contributed by atoms with Crippen LogP contribution in [0.1, 0.15) is 40.4 Å². The Kier molecular flexibility index (Phi) is 7.43. The monoisotopic (exact) mass is 567 g/mol. The van der Waals surface area contributed by atoms with Crippen molar-refractivity contribution in [3.63, 3.8) is 0 Å². The third-order valence-corrected chi connectivity index (χ3v) is 6.96. The van der Waals surface area contributed by atoms with Crippen molar-refractivity contribution >= 4 is 28.7 Å². The van der Waals surface area contributed by atoms with Gasteiger partial charge in [0.1, 0.15) is 23.7 Å². The van der Waals surface area contributed by atoms with Crippen LogP contribution in [0.3, 0.4) is 0 Å². The van der Waals surface area contributed by atoms with Crippen molar-refractivity contribution in [2.24, 2.45) is 0 Å². The molecule has 0 saturated carbocycles. The van der Waals surface area contributed by atoms with E-state index in [9.17, 15) is 27.2 Å². The summed E-state index contributed by atoms with van der Waals surface area (Å²) in [5.74, 6) is -2.12. The maximum absolute atomic E-state index is 13.6. The van der Waals surface area contributed by atoms with Crippen molar-refractivity contribution in [1.82, 2.24) is 30.0 Å². The number of rotatable bonds is 6. The number of nitrogens with one attached hydrogen (secondary N) is 1. The Morgan fingerprint density at radius 2 is 1.90 bits per heavy atom. The van der Waals surface area contributed by atoms with E-state index in [4.69, 9.17) is 10.8 Å². The molecular formula is C28H25F4N7O2. The van der Waals surface area contributed by atoms with E-state index >= 15 is 0 Å². The Hall–Kier alpha value is -4.81. The molecule has 0 bridgehead atoms. The molecule has 3 N–H and O–H groups in total. The van der Waals surface area contributed by atoms with E-state index in [0.717, 1.165) is 18.9 Å². The molecule has 2 aromatic carbocycles. The minimum Gasteiger partial charge on any atom is -0.383 e. The number of nitrogens with two attached hydrogens (primary N) is 1. The average molecular weight is 568 g/mol. The van der Waals surface area contributed by atoms with Crippen LogP contribution in [0.5, 0.6) is 0 Å². The second kappa shape index (κ2) is 11.0. The Morgan fingerprint density at radius 1 is 1.15 bits per heavy atom. The minimum absolute atomic E-state index is 0.0213. The zero-order chi connectivity index (χ0) is 29.3. The summed E-state index contributed by atoms with van der Waals surface area (Å²) in [7, 11) is 0. The maximum Gasteiger partial charge on any atom is 0.419 e. The van der Waals surface area contributed by atoms with E-state index in [1.807, 2.05) is 0 Å². The van der Waals surface area contributed by atoms with Gasteiger partial charge in [-0.05, 0) is 42.7 Å². The summed E-state index contributed by atoms with van der Waals surface area (Å²) in [5.41, 5.74) is 6.87. The Labute approximate surface area is 231 Å². The second-order valence-electron chi connectivity index (χ2n) is 9.61. The number of likely N-dealkylation sites (tertiary alicyclic amines) is 1. The summed E-state index contributed by atoms with van der Waals surface area (Å²) in [6.45, 7) is 4.67. The molecule has 1 aliphatic rings. The molecule has 1 atom stereocenters. The first kappa shape index (κ1) is 27.7. The van der Waals surface area contributed by atoms with Gasteiger partial charge in [0.05, 0.1) is 17.0 Å². The topological polar surface area (TPSA) is 119 Å². The number of alkyl halides is 3. The normalized spacial score (nSPS) is 15.6. The molecule has 1 fully saturated rings. The summed E-state index contributed by atoms with van der Waals surface area (Å²) in [5, 5.41) is 7.94. The number of nitrogen functional groups attached to an aromatic ring is 1. The average Bonchev–Trinajstić information content (AvgIpc) is 3.36. The first-order chi connectivity index (χ1) is 19.6. The fraction of sp³-hybridized carbons (Fsp3) is 0.250. The highest BCUT2D eigenvalue weighted by molar-refractivity contribution is 5.98. The number of hydrogen-bond acceptors (Lipinski definition) is 6. The number of anilines is 1. The molecular weight excluding hydrogens is 542 g/mol. The molecule has 13 heteroatoms. The van der Waals surface area contributed by atoms with Gasteiger partial charge in [0.15, 0.2) is 5.65 Å². The largest absolute Gasteiger partial charge is 0.419 e. The van der Waals surface area contributed by atoms with Gasteiger partial charge < -0.3 is 16.0 Å². The zero-order valence-corrected chi connectivity index (χ0v) is 21.7. The summed E-state index contributed by atoms with van der Waals surface area (Å²) < 4.78 is 54.3. The van der Waals surface area contributed by atoms with Gasteiger partial charge in [-0.2, -0.15) is 18.3 Å². The van der Waals surface area contributed by atoms with E-state index in [0.29, 0.717) is 53.1 Å². The number of carbonyl (C=O) groups is 2. The quantitative estimate of drug-likeness (QED) is 0.261. The highest BCUT2D eigenvalue weighted by atomic mass is 19.4. The van der Waals surface area contributed by atoms with Crippen LogP contribution >= 0.6 is 0 Å². The molecule has 41 heavy (non-hydrogen) atoms. The molecule has 0 radical (unpaired) electrons. The molecule has 9 nitrogen and oxygen atoms in total. The first-order valence-electron chi connectivity index (χ1n) is 12.7. The number of aromatic nitrogens is 4. The van der Waals surface area contributed by atoms with Gasteiger partial charge in [-0.1, -0.05) is 30.8 Å². The van der Waals surface area contributed by atoms with Crippen LogP contribution in [0.15, 0.2) is 61.4 Å². The van der Waals surface area contributed by atoms with Gasteiger partial charge in [-0.3, -0.25) is 9.59 Å². The zero-order valence-electron chi connectivity index (χ0n) is 21.7. The summed E-state index contributed by atoms with van der Waals surface area (Å²) in [4.78, 5) is 34.9. The number of piperidine rings is 1. The lowest BCUT2D eigenvalue weighted by molar-refractivity contribution is -0.140. The smallest absolute Gasteiger partial charge is 0.383 e. The molecule has 1 aliphatic heterocycles. The van der Waals surface area contributed by atoms with Gasteiger partial charge >= 0.3 is 6.18 Å². The van der Waals surface area contributed by atoms with E-state index < -0.39 is 23.5 Å². The first-order valence-corrected chi connectivity index (χ1v) is 12.7. The lowest BCUT2D eigenvalue weighted by atomic mass is 10.1. The lowest BCUT2D eigenvalue weighted by Gasteiger charge is -2.32. The van der Waals surface area contributed by atoms with Crippen molar-refractivity contribution in [2.75, 3.05) is 18.8 Å². The molecule has 2 aromatic heterocycles. The van der Waals surface area contributed by atoms with E-state index in [1.54, 1.807) is 33.8 Å². The van der Waals surface area contributed by atoms with Crippen LogP contribution in [-0.4, -0.2) is 49.6 Å². The molecule has 0 unspecified atom stereocenters. The molecule has 0 aliphatic carbocycles. The molecule has 212 valence electrons. The summed E-state index contributed by atoms with van der Waals surface area (Å²) >= 11 is 0. The Bertz CT molecular complexity index is 1630. The number of nitrogens with zero attached hydrogens (tertiary/aromatic N) is 5. The number of amides is 2. The van der Waals surface area contributed by atoms with Gasteiger partial charge in [0.25, 0.3) is 5.91 Å². The molecule has 1 saturated heterocycles. The Balaban J connectivity index is 1.36. The van der Waals surface area contributed by atoms with Crippen LogP contribution in [0.2, 0.25) is 0 Å². The van der Waals surface area contributed by atoms with Crippen molar-refractivity contribution in [2.45, 2.75) is 31.6 Å². The maximum atomic E-state index is 13.6. The number of fused-ring (bicyclic) bond motifs is 1. The van der Waals surface area contributed by atoms with Crippen LogP contribution < -0.4 is 11.1 Å². The highest BCUT2D eigenvalue weighted by Crippen LogP contribution is 2.34. The number of carbonyl (C=O) groups excluding carboxylic acids is 2. The fourth-order valence-electron chi connectivity index (χ4n) is 4.88. The number of benzene rings is 2. The van der Waals surface area contributed by atoms with E-state index in [1.165, 1.54) is 12.4 Å². The van der Waals surface area contributed by atoms with Crippen molar-refractivity contribution in [3.8, 4) is 11.3 Å². The van der Waals surface area contributed by atoms with Crippen LogP contribution in [0.4, 0.5) is 23.4 Å². The molecule has 3 heterocycles. The van der Waals surface area contributed by atoms with E-state index in [2.05, 4.69) is 21.9 Å². The minimum atomic E-state index is -4.92. The van der Waals surface area contributed by atoms with Crippen molar-refractivity contribution in [1.29, 1.82) is 0 Å². The van der Waals surface area contributed by atoms with Crippen molar-refractivity contribution in [3.05, 3.63) is 84.0 Å². The standard InChI is InChI=1S/C28H25F4N7O2/c1-2-22(40)38-11-3-4-19(14-38)39-26-23(25(33)35-15-36-26)24(37-39)17-7-5-16(6-8-17)13-34-27(41)18-9-10-21(29)20(12-18)28(30,31)32/h2,5-10,12,15,19H,1,3-4,11,13-14H2,(H,34,41)(H2,33,35,36)/t19-/m1/s1. The number of halogens is 4. The van der Waals surface area contributed by atoms with Crippen molar-refractivity contribution < 1.29 is 27.2 Å². The van der Waals surface area contributed by atoms with Gasteiger partial charge in [-0.15, -0.1) is 0 Å². The molecule has 2 amide bonds. The molecule has 0 spiro atoms. The van der Waals surface area contributed by atoms with Gasteiger partial charge in [-0.25, -0.2) is 19.0 Å². The van der Waals surface area contributed by atoms with E-state index in [-0.39, 0.29) is 29.9 Å². The predicted octanol–water partition coefficient (Wildman–Crippen LogP) is 4.51. The third kappa shape index (κ3) is 5.60. The third-order valence-electron chi connectivity index (χ3n) is 6.96. The second-order valence-corrected chi connectivity index (χ2v) is 9.61. The highest BCUT2D eigenvalue weighted by Gasteiger charge is 2.34. The lowest BCUT2D eigenvalue weighted by Crippen LogP contribution is -2.40. The Morgan fingerprint density at radius 3 is 2.61 bits per heavy atom. The number of hydrogen-bond donors (Lipinski definition) is 2. The summed E-state index contributed by atoms with van der Waals surface area (Å²) in [6.07, 6.45) is -0.686. The van der Waals surface area contributed by atoms with Gasteiger partial charge in [0.2, 0.25) is 5.91 Å².